The maximum Gasteiger partial charge on any atom is 0.350 e. The number of ether oxygens (including phenoxy) is 2. The van der Waals surface area contributed by atoms with Crippen molar-refractivity contribution in [3.05, 3.63) is 117 Å². The second-order valence-corrected chi connectivity index (χ2v) is 12.7. The van der Waals surface area contributed by atoms with Crippen molar-refractivity contribution < 1.29 is 29.0 Å². The minimum Gasteiger partial charge on any atom is -0.507 e. The fourth-order valence-electron chi connectivity index (χ4n) is 5.13. The summed E-state index contributed by atoms with van der Waals surface area (Å²) in [5.41, 5.74) is 4.01. The van der Waals surface area contributed by atoms with Crippen LogP contribution in [0.1, 0.15) is 70.0 Å². The zero-order valence-electron chi connectivity index (χ0n) is 25.5. The summed E-state index contributed by atoms with van der Waals surface area (Å²) in [7, 11) is 1.27. The largest absolute Gasteiger partial charge is 0.507 e. The smallest absolute Gasteiger partial charge is 0.350 e. The Morgan fingerprint density at radius 2 is 1.68 bits per heavy atom. The SMILES string of the molecule is COC(=O)c1sc(N2C(=O)C(=O)C(=C(O)c3ccc(OCc4ccccc4)c(C)c3)C2c2ccc(C(C)(C)C)cc2)nc1C. The van der Waals surface area contributed by atoms with E-state index in [1.807, 2.05) is 61.5 Å². The molecule has 0 radical (unpaired) electrons. The molecule has 226 valence electrons. The van der Waals surface area contributed by atoms with Crippen molar-refractivity contribution in [2.75, 3.05) is 12.0 Å². The van der Waals surface area contributed by atoms with Gasteiger partial charge in [-0.3, -0.25) is 14.5 Å². The number of aryl methyl sites for hydroxylation is 2. The summed E-state index contributed by atoms with van der Waals surface area (Å²) < 4.78 is 10.9. The van der Waals surface area contributed by atoms with Gasteiger partial charge >= 0.3 is 11.9 Å². The number of nitrogens with zero attached hydrogens (tertiary/aromatic N) is 2. The number of anilines is 1. The highest BCUT2D eigenvalue weighted by Gasteiger charge is 2.48. The van der Waals surface area contributed by atoms with Gasteiger partial charge in [-0.15, -0.1) is 0 Å². The summed E-state index contributed by atoms with van der Waals surface area (Å²) in [6, 6.07) is 21.5. The molecule has 0 aliphatic carbocycles. The van der Waals surface area contributed by atoms with E-state index in [2.05, 4.69) is 25.8 Å². The molecule has 5 rings (SSSR count). The van der Waals surface area contributed by atoms with Crippen molar-refractivity contribution in [3.8, 4) is 5.75 Å². The van der Waals surface area contributed by atoms with Crippen molar-refractivity contribution in [1.82, 2.24) is 4.98 Å². The lowest BCUT2D eigenvalue weighted by Gasteiger charge is -2.25. The van der Waals surface area contributed by atoms with Crippen LogP contribution in [0.2, 0.25) is 0 Å². The molecule has 4 aromatic rings. The van der Waals surface area contributed by atoms with Gasteiger partial charge in [-0.25, -0.2) is 9.78 Å². The number of hydrogen-bond acceptors (Lipinski definition) is 8. The van der Waals surface area contributed by atoms with Gasteiger partial charge in [0.05, 0.1) is 24.4 Å². The Labute approximate surface area is 260 Å². The quantitative estimate of drug-likeness (QED) is 0.103. The number of ketones is 1. The molecule has 1 aliphatic heterocycles. The van der Waals surface area contributed by atoms with E-state index in [1.165, 1.54) is 12.0 Å². The maximum absolute atomic E-state index is 13.7. The normalized spacial score (nSPS) is 16.3. The molecule has 0 saturated carbocycles. The third-order valence-corrected chi connectivity index (χ3v) is 8.72. The number of amides is 1. The first kappa shape index (κ1) is 30.7. The van der Waals surface area contributed by atoms with E-state index in [0.29, 0.717) is 29.2 Å². The molecule has 8 nitrogen and oxygen atoms in total. The summed E-state index contributed by atoms with van der Waals surface area (Å²) in [6.45, 7) is 10.2. The zero-order chi connectivity index (χ0) is 31.8. The number of Topliss-reactive ketones (excluding diaryl/α,β-unsaturated/α-hetero) is 1. The summed E-state index contributed by atoms with van der Waals surface area (Å²) in [5, 5.41) is 11.8. The third-order valence-electron chi connectivity index (χ3n) is 7.58. The first-order valence-corrected chi connectivity index (χ1v) is 15.0. The highest BCUT2D eigenvalue weighted by molar-refractivity contribution is 7.17. The predicted octanol–water partition coefficient (Wildman–Crippen LogP) is 7.05. The minimum absolute atomic E-state index is 0.0664. The van der Waals surface area contributed by atoms with Crippen molar-refractivity contribution >= 4 is 39.9 Å². The van der Waals surface area contributed by atoms with Crippen LogP contribution in [-0.2, 0) is 26.3 Å². The van der Waals surface area contributed by atoms with Gasteiger partial charge in [-0.1, -0.05) is 86.7 Å². The third kappa shape index (κ3) is 5.88. The number of methoxy groups -OCH3 is 1. The Morgan fingerprint density at radius 3 is 2.30 bits per heavy atom. The van der Waals surface area contributed by atoms with Gasteiger partial charge in [-0.2, -0.15) is 0 Å². The number of aliphatic hydroxyl groups is 1. The van der Waals surface area contributed by atoms with E-state index in [-0.39, 0.29) is 26.8 Å². The van der Waals surface area contributed by atoms with Gasteiger partial charge < -0.3 is 14.6 Å². The molecule has 1 atom stereocenters. The summed E-state index contributed by atoms with van der Waals surface area (Å²) in [4.78, 5) is 45.6. The van der Waals surface area contributed by atoms with Crippen LogP contribution in [0.5, 0.6) is 5.75 Å². The number of benzene rings is 3. The van der Waals surface area contributed by atoms with Crippen LogP contribution in [0, 0.1) is 13.8 Å². The van der Waals surface area contributed by atoms with Gasteiger partial charge in [0.15, 0.2) is 5.13 Å². The predicted molar refractivity (Wildman–Crippen MR) is 170 cm³/mol. The first-order valence-electron chi connectivity index (χ1n) is 14.2. The Bertz CT molecular complexity index is 1770. The minimum atomic E-state index is -0.977. The Hall–Kier alpha value is -4.76. The van der Waals surface area contributed by atoms with Gasteiger partial charge in [-0.05, 0) is 59.7 Å². The average Bonchev–Trinajstić information content (AvgIpc) is 3.51. The Balaban J connectivity index is 1.59. The van der Waals surface area contributed by atoms with E-state index in [1.54, 1.807) is 25.1 Å². The molecule has 1 saturated heterocycles. The molecule has 3 aromatic carbocycles. The van der Waals surface area contributed by atoms with Crippen LogP contribution in [0.3, 0.4) is 0 Å². The molecule has 9 heteroatoms. The number of esters is 1. The lowest BCUT2D eigenvalue weighted by atomic mass is 9.85. The molecule has 1 aromatic heterocycles. The van der Waals surface area contributed by atoms with Gasteiger partial charge in [0.1, 0.15) is 23.0 Å². The summed E-state index contributed by atoms with van der Waals surface area (Å²) >= 11 is 0.965. The molecular formula is C35H34N2O6S. The second-order valence-electron chi connectivity index (χ2n) is 11.7. The molecule has 44 heavy (non-hydrogen) atoms. The molecule has 1 fully saturated rings. The maximum atomic E-state index is 13.7. The van der Waals surface area contributed by atoms with E-state index in [0.717, 1.165) is 28.0 Å². The molecular weight excluding hydrogens is 576 g/mol. The highest BCUT2D eigenvalue weighted by Crippen LogP contribution is 2.44. The fourth-order valence-corrected chi connectivity index (χ4v) is 6.14. The number of rotatable bonds is 7. The number of thiazole rings is 1. The molecule has 0 spiro atoms. The number of aromatic nitrogens is 1. The van der Waals surface area contributed by atoms with Gasteiger partial charge in [0.2, 0.25) is 0 Å². The highest BCUT2D eigenvalue weighted by atomic mass is 32.1. The second kappa shape index (κ2) is 12.1. The fraction of sp³-hybridized carbons (Fsp3) is 0.257. The van der Waals surface area contributed by atoms with E-state index in [4.69, 9.17) is 9.47 Å². The topological polar surface area (TPSA) is 106 Å². The van der Waals surface area contributed by atoms with Crippen LogP contribution in [0.4, 0.5) is 5.13 Å². The number of aliphatic hydroxyl groups excluding tert-OH is 1. The van der Waals surface area contributed by atoms with Crippen LogP contribution in [-0.4, -0.2) is 34.9 Å². The number of hydrogen-bond donors (Lipinski definition) is 1. The molecule has 0 bridgehead atoms. The first-order chi connectivity index (χ1) is 20.9. The van der Waals surface area contributed by atoms with Crippen molar-refractivity contribution in [3.63, 3.8) is 0 Å². The molecule has 1 aliphatic rings. The average molecular weight is 611 g/mol. The molecule has 1 N–H and O–H groups in total. The van der Waals surface area contributed by atoms with Gasteiger partial charge in [0, 0.05) is 5.56 Å². The van der Waals surface area contributed by atoms with Crippen molar-refractivity contribution in [2.45, 2.75) is 52.7 Å². The standard InChI is InChI=1S/C35H34N2O6S/c1-20-18-24(14-17-26(20)43-19-22-10-8-7-9-11-22)29(38)27-28(23-12-15-25(16-13-23)35(3,4)5)37(32(40)30(27)39)34-36-21(2)31(44-34)33(41)42-6/h7-18,28,38H,19H2,1-6H3. The van der Waals surface area contributed by atoms with Crippen molar-refractivity contribution in [2.24, 2.45) is 0 Å². The van der Waals surface area contributed by atoms with Crippen LogP contribution < -0.4 is 9.64 Å². The van der Waals surface area contributed by atoms with Crippen LogP contribution in [0.15, 0.2) is 78.4 Å². The Kier molecular flexibility index (Phi) is 8.43. The van der Waals surface area contributed by atoms with Crippen molar-refractivity contribution in [1.29, 1.82) is 0 Å². The van der Waals surface area contributed by atoms with E-state index in [9.17, 15) is 19.5 Å². The lowest BCUT2D eigenvalue weighted by molar-refractivity contribution is -0.132. The van der Waals surface area contributed by atoms with E-state index >= 15 is 0 Å². The lowest BCUT2D eigenvalue weighted by Crippen LogP contribution is -2.29. The number of carbonyl (C=O) groups is 3. The van der Waals surface area contributed by atoms with Crippen LogP contribution in [0.25, 0.3) is 5.76 Å². The van der Waals surface area contributed by atoms with Gasteiger partial charge in [0.25, 0.3) is 5.78 Å². The Morgan fingerprint density at radius 1 is 1.00 bits per heavy atom. The molecule has 1 amide bonds. The summed E-state index contributed by atoms with van der Waals surface area (Å²) in [6.07, 6.45) is 0. The summed E-state index contributed by atoms with van der Waals surface area (Å²) in [5.74, 6) is -1.95. The number of carbonyl (C=O) groups excluding carboxylic acids is 3. The molecule has 2 heterocycles. The van der Waals surface area contributed by atoms with Crippen LogP contribution >= 0.6 is 11.3 Å². The zero-order valence-corrected chi connectivity index (χ0v) is 26.3. The molecule has 1 unspecified atom stereocenters. The van der Waals surface area contributed by atoms with E-state index < -0.39 is 23.7 Å². The monoisotopic (exact) mass is 610 g/mol.